The monoisotopic (exact) mass is 802 g/mol. The van der Waals surface area contributed by atoms with Crippen LogP contribution in [0.25, 0.3) is 21.8 Å². The lowest BCUT2D eigenvalue weighted by molar-refractivity contribution is -0.142. The summed E-state index contributed by atoms with van der Waals surface area (Å²) in [7, 11) is 0. The van der Waals surface area contributed by atoms with Gasteiger partial charge in [-0.1, -0.05) is 44.2 Å². The molecule has 2 atom stereocenters. The number of fused-ring (bicyclic) bond motifs is 2. The first-order valence-electron chi connectivity index (χ1n) is 15.2. The van der Waals surface area contributed by atoms with Crippen LogP contribution in [0.3, 0.4) is 0 Å². The normalized spacial score (nSPS) is 15.8. The number of carbonyl (C=O) groups is 1. The average Bonchev–Trinajstić information content (AvgIpc) is 3.09. The van der Waals surface area contributed by atoms with Crippen molar-refractivity contribution >= 4 is 40.0 Å². The molecule has 1 aliphatic heterocycles. The van der Waals surface area contributed by atoms with E-state index in [2.05, 4.69) is 20.3 Å². The van der Waals surface area contributed by atoms with Crippen molar-refractivity contribution < 1.29 is 64.0 Å². The summed E-state index contributed by atoms with van der Waals surface area (Å²) in [6, 6.07) is 10.5. The molecule has 1 saturated heterocycles. The van der Waals surface area contributed by atoms with Crippen LogP contribution in [0.15, 0.2) is 72.9 Å². The van der Waals surface area contributed by atoms with Crippen molar-refractivity contribution in [2.45, 2.75) is 63.5 Å². The Kier molecular flexibility index (Phi) is 13.4. The quantitative estimate of drug-likeness (QED) is 0.139. The molecule has 6 nitrogen and oxygen atoms in total. The molecule has 0 unspecified atom stereocenters. The van der Waals surface area contributed by atoms with Crippen LogP contribution >= 0.6 is 12.4 Å². The number of halogens is 13. The molecule has 0 bridgehead atoms. The van der Waals surface area contributed by atoms with Gasteiger partial charge in [0.1, 0.15) is 17.1 Å². The number of ketones is 1. The van der Waals surface area contributed by atoms with Gasteiger partial charge in [0.2, 0.25) is 5.78 Å². The fourth-order valence-corrected chi connectivity index (χ4v) is 5.70. The van der Waals surface area contributed by atoms with E-state index in [1.165, 1.54) is 30.5 Å². The van der Waals surface area contributed by atoms with Crippen LogP contribution in [0.1, 0.15) is 78.3 Å². The standard InChI is InChI=1S/C17H16F6N2O.C17H8F6N2O.CH4.ClH.H2/c2*18-16(19,20)11-5-3-4-9-10(15(26)12-6-1-2-7-24-12)8-13(17(21,22)23)25-14(9)11;;;/h3-5,8,12,15,24,26H,1-2,6-7H2;1-8H;1H4;2*1H/t12-,15+;;;;/m0..../s1. The van der Waals surface area contributed by atoms with Crippen molar-refractivity contribution in [1.82, 2.24) is 20.3 Å². The number of aromatic nitrogens is 3. The second-order valence-corrected chi connectivity index (χ2v) is 11.6. The minimum atomic E-state index is -5.02. The summed E-state index contributed by atoms with van der Waals surface area (Å²) < 4.78 is 158. The third kappa shape index (κ3) is 9.57. The van der Waals surface area contributed by atoms with Crippen molar-refractivity contribution in [3.63, 3.8) is 0 Å². The van der Waals surface area contributed by atoms with Crippen LogP contribution in [0.4, 0.5) is 52.7 Å². The van der Waals surface area contributed by atoms with E-state index in [4.69, 9.17) is 0 Å². The number of pyridine rings is 3. The number of benzene rings is 2. The molecule has 2 N–H and O–H groups in total. The average molecular weight is 803 g/mol. The molecule has 2 aromatic carbocycles. The molecule has 19 heteroatoms. The number of para-hydroxylation sites is 2. The van der Waals surface area contributed by atoms with Crippen LogP contribution in [0.2, 0.25) is 0 Å². The third-order valence-corrected chi connectivity index (χ3v) is 8.09. The van der Waals surface area contributed by atoms with E-state index in [0.717, 1.165) is 31.0 Å². The highest BCUT2D eigenvalue weighted by Crippen LogP contribution is 2.41. The maximum atomic E-state index is 13.2. The van der Waals surface area contributed by atoms with Crippen LogP contribution in [-0.4, -0.2) is 38.4 Å². The van der Waals surface area contributed by atoms with Gasteiger partial charge in [-0.15, -0.1) is 12.4 Å². The summed E-state index contributed by atoms with van der Waals surface area (Å²) in [5.41, 5.74) is -8.32. The molecule has 0 spiro atoms. The van der Waals surface area contributed by atoms with Crippen molar-refractivity contribution in [2.75, 3.05) is 6.54 Å². The Hall–Kier alpha value is -4.55. The molecule has 294 valence electrons. The van der Waals surface area contributed by atoms with E-state index in [1.807, 2.05) is 0 Å². The van der Waals surface area contributed by atoms with Crippen molar-refractivity contribution in [3.05, 3.63) is 112 Å². The summed E-state index contributed by atoms with van der Waals surface area (Å²) in [6.07, 6.45) is -17.7. The zero-order chi connectivity index (χ0) is 38.2. The summed E-state index contributed by atoms with van der Waals surface area (Å²) in [6.45, 7) is 0.588. The zero-order valence-corrected chi connectivity index (χ0v) is 27.4. The Morgan fingerprint density at radius 1 is 0.722 bits per heavy atom. The number of nitrogens with zero attached hydrogens (tertiary/aromatic N) is 3. The Bertz CT molecular complexity index is 2090. The van der Waals surface area contributed by atoms with Crippen LogP contribution in [0, 0.1) is 0 Å². The zero-order valence-electron chi connectivity index (χ0n) is 26.6. The van der Waals surface area contributed by atoms with Gasteiger partial charge in [-0.05, 0) is 61.3 Å². The number of hydrogen-bond donors (Lipinski definition) is 2. The number of aliphatic hydroxyl groups is 1. The molecule has 5 aromatic rings. The van der Waals surface area contributed by atoms with E-state index in [1.54, 1.807) is 0 Å². The van der Waals surface area contributed by atoms with Gasteiger partial charge in [0, 0.05) is 30.0 Å². The number of rotatable bonds is 4. The number of piperidine rings is 1. The highest BCUT2D eigenvalue weighted by atomic mass is 35.5. The number of carbonyl (C=O) groups excluding carboxylic acids is 1. The van der Waals surface area contributed by atoms with E-state index in [0.29, 0.717) is 37.2 Å². The van der Waals surface area contributed by atoms with Crippen molar-refractivity contribution in [3.8, 4) is 0 Å². The van der Waals surface area contributed by atoms with E-state index >= 15 is 0 Å². The SMILES string of the molecule is C.Cl.O=C(c1ccccn1)c1cc(C(F)(F)F)nc2c(C(F)(F)F)cccc12.O[C@H](c1cc(C(F)(F)F)nc2c(C(F)(F)F)cccc12)[C@@H]1CCCCN1.[HH]. The van der Waals surface area contributed by atoms with Gasteiger partial charge in [-0.25, -0.2) is 9.97 Å². The Balaban J connectivity index is 0.000000360. The molecule has 1 aliphatic rings. The highest BCUT2D eigenvalue weighted by Gasteiger charge is 2.40. The molecule has 1 fully saturated rings. The molecule has 6 rings (SSSR count). The van der Waals surface area contributed by atoms with Gasteiger partial charge in [0.25, 0.3) is 0 Å². The van der Waals surface area contributed by atoms with Gasteiger partial charge >= 0.3 is 24.7 Å². The van der Waals surface area contributed by atoms with Gasteiger partial charge in [0.05, 0.1) is 28.3 Å². The molecule has 0 aliphatic carbocycles. The smallest absolute Gasteiger partial charge is 0.387 e. The molecule has 3 aromatic heterocycles. The molecular formula is C35H31ClF12N4O2. The Labute approximate surface area is 306 Å². The van der Waals surface area contributed by atoms with Crippen LogP contribution in [0.5, 0.6) is 0 Å². The summed E-state index contributed by atoms with van der Waals surface area (Å²) in [5.74, 6) is -0.928. The van der Waals surface area contributed by atoms with E-state index in [9.17, 15) is 62.6 Å². The summed E-state index contributed by atoms with van der Waals surface area (Å²) in [5, 5.41) is 13.1. The van der Waals surface area contributed by atoms with E-state index < -0.39 is 81.7 Å². The maximum absolute atomic E-state index is 13.2. The molecule has 4 heterocycles. The maximum Gasteiger partial charge on any atom is 0.433 e. The fraction of sp³-hybridized carbons (Fsp3) is 0.314. The van der Waals surface area contributed by atoms with E-state index in [-0.39, 0.29) is 43.3 Å². The lowest BCUT2D eigenvalue weighted by Crippen LogP contribution is -2.39. The number of alkyl halides is 12. The Morgan fingerprint density at radius 2 is 1.26 bits per heavy atom. The number of nitrogens with one attached hydrogen (secondary N) is 1. The first-order valence-corrected chi connectivity index (χ1v) is 15.2. The topological polar surface area (TPSA) is 88.0 Å². The minimum Gasteiger partial charge on any atom is -0.387 e. The molecule has 0 radical (unpaired) electrons. The lowest BCUT2D eigenvalue weighted by atomic mass is 9.91. The van der Waals surface area contributed by atoms with Gasteiger partial charge < -0.3 is 10.4 Å². The fourth-order valence-electron chi connectivity index (χ4n) is 5.70. The van der Waals surface area contributed by atoms with Crippen LogP contribution in [-0.2, 0) is 24.7 Å². The first kappa shape index (κ1) is 43.9. The minimum absolute atomic E-state index is 0. The molecule has 0 saturated carbocycles. The Morgan fingerprint density at radius 3 is 1.74 bits per heavy atom. The predicted molar refractivity (Wildman–Crippen MR) is 178 cm³/mol. The first-order chi connectivity index (χ1) is 24.2. The van der Waals surface area contributed by atoms with Crippen LogP contribution < -0.4 is 5.32 Å². The highest BCUT2D eigenvalue weighted by molar-refractivity contribution is 6.15. The van der Waals surface area contributed by atoms with Crippen molar-refractivity contribution in [2.24, 2.45) is 0 Å². The van der Waals surface area contributed by atoms with Crippen molar-refractivity contribution in [1.29, 1.82) is 0 Å². The summed E-state index contributed by atoms with van der Waals surface area (Å²) >= 11 is 0. The third-order valence-electron chi connectivity index (χ3n) is 8.09. The van der Waals surface area contributed by atoms with Gasteiger partial charge in [-0.3, -0.25) is 9.78 Å². The second kappa shape index (κ2) is 16.4. The molecular weight excluding hydrogens is 772 g/mol. The lowest BCUT2D eigenvalue weighted by Gasteiger charge is -2.29. The van der Waals surface area contributed by atoms with Gasteiger partial charge in [0.15, 0.2) is 0 Å². The number of hydrogen-bond acceptors (Lipinski definition) is 6. The number of aliphatic hydroxyl groups excluding tert-OH is 1. The molecule has 54 heavy (non-hydrogen) atoms. The summed E-state index contributed by atoms with van der Waals surface area (Å²) in [4.78, 5) is 22.7. The van der Waals surface area contributed by atoms with Gasteiger partial charge in [-0.2, -0.15) is 52.7 Å². The second-order valence-electron chi connectivity index (χ2n) is 11.6. The molecule has 0 amide bonds. The largest absolute Gasteiger partial charge is 0.433 e. The predicted octanol–water partition coefficient (Wildman–Crippen LogP) is 10.7.